The summed E-state index contributed by atoms with van der Waals surface area (Å²) in [6.45, 7) is 10.5. The molecule has 1 fully saturated rings. The summed E-state index contributed by atoms with van der Waals surface area (Å²) in [6.07, 6.45) is 0.506. The highest BCUT2D eigenvalue weighted by atomic mass is 19.1. The van der Waals surface area contributed by atoms with Crippen LogP contribution < -0.4 is 20.3 Å². The van der Waals surface area contributed by atoms with Gasteiger partial charge < -0.3 is 34.9 Å². The molecule has 0 spiro atoms. The number of alkyl carbamates (subject to hydrolysis) is 1. The van der Waals surface area contributed by atoms with Crippen LogP contribution in [0.15, 0.2) is 72.8 Å². The molecule has 0 aromatic heterocycles. The van der Waals surface area contributed by atoms with Gasteiger partial charge >= 0.3 is 12.1 Å². The Morgan fingerprint density at radius 2 is 1.41 bits per heavy atom. The Labute approximate surface area is 315 Å². The molecule has 292 valence electrons. The van der Waals surface area contributed by atoms with Crippen molar-refractivity contribution in [3.05, 3.63) is 95.6 Å². The van der Waals surface area contributed by atoms with Gasteiger partial charge in [0.25, 0.3) is 5.91 Å². The van der Waals surface area contributed by atoms with E-state index < -0.39 is 64.9 Å². The smallest absolute Gasteiger partial charge is 0.407 e. The van der Waals surface area contributed by atoms with Crippen molar-refractivity contribution >= 4 is 29.6 Å². The Hall–Kier alpha value is -5.04. The van der Waals surface area contributed by atoms with Gasteiger partial charge in [0.05, 0.1) is 18.1 Å². The first kappa shape index (κ1) is 41.7. The molecule has 4 rings (SSSR count). The maximum Gasteiger partial charge on any atom is 0.407 e. The molecule has 3 aromatic carbocycles. The van der Waals surface area contributed by atoms with Crippen molar-refractivity contribution in [3.63, 3.8) is 0 Å². The molecule has 0 saturated carbocycles. The normalized spacial score (nSPS) is 16.8. The van der Waals surface area contributed by atoms with Crippen LogP contribution in [0.2, 0.25) is 0 Å². The molecule has 1 saturated heterocycles. The van der Waals surface area contributed by atoms with Crippen molar-refractivity contribution in [2.45, 2.75) is 103 Å². The fourth-order valence-corrected chi connectivity index (χ4v) is 6.04. The van der Waals surface area contributed by atoms with Crippen LogP contribution in [-0.4, -0.2) is 59.4 Å². The van der Waals surface area contributed by atoms with Crippen LogP contribution in [0.25, 0.3) is 0 Å². The number of rotatable bonds is 16. The third kappa shape index (κ3) is 12.5. The minimum atomic E-state index is -0.934. The highest BCUT2D eigenvalue weighted by molar-refractivity contribution is 6.03. The van der Waals surface area contributed by atoms with E-state index >= 15 is 0 Å². The fraction of sp³-hybridized carbons (Fsp3) is 0.463. The predicted molar refractivity (Wildman–Crippen MR) is 199 cm³/mol. The van der Waals surface area contributed by atoms with E-state index in [1.807, 2.05) is 0 Å². The number of anilines is 1. The minimum absolute atomic E-state index is 0.172. The molecule has 3 amide bonds. The molecule has 3 N–H and O–H groups in total. The average molecular weight is 752 g/mol. The molecule has 54 heavy (non-hydrogen) atoms. The maximum absolute atomic E-state index is 13.7. The summed E-state index contributed by atoms with van der Waals surface area (Å²) in [5, 5.41) is 16.1. The zero-order valence-electron chi connectivity index (χ0n) is 31.7. The molecule has 1 heterocycles. The van der Waals surface area contributed by atoms with E-state index in [-0.39, 0.29) is 25.4 Å². The summed E-state index contributed by atoms with van der Waals surface area (Å²) in [5.41, 5.74) is 0.452. The monoisotopic (exact) mass is 751 g/mol. The summed E-state index contributed by atoms with van der Waals surface area (Å²) in [5.74, 6) is -2.24. The lowest BCUT2D eigenvalue weighted by Gasteiger charge is -2.48. The zero-order valence-corrected chi connectivity index (χ0v) is 31.7. The highest BCUT2D eigenvalue weighted by Crippen LogP contribution is 2.46. The van der Waals surface area contributed by atoms with Crippen molar-refractivity contribution in [1.82, 2.24) is 10.6 Å². The number of carbonyl (C=O) groups excluding carboxylic acids is 4. The van der Waals surface area contributed by atoms with E-state index in [1.165, 1.54) is 48.5 Å². The summed E-state index contributed by atoms with van der Waals surface area (Å²) < 4.78 is 43.6. The Bertz CT molecular complexity index is 1720. The lowest BCUT2D eigenvalue weighted by atomic mass is 9.78. The van der Waals surface area contributed by atoms with Gasteiger partial charge in [-0.3, -0.25) is 9.59 Å². The van der Waals surface area contributed by atoms with Crippen LogP contribution in [0.3, 0.4) is 0 Å². The van der Waals surface area contributed by atoms with Crippen molar-refractivity contribution in [2.24, 2.45) is 5.92 Å². The third-order valence-electron chi connectivity index (χ3n) is 8.53. The molecule has 1 aliphatic rings. The van der Waals surface area contributed by atoms with E-state index in [1.54, 1.807) is 70.7 Å². The summed E-state index contributed by atoms with van der Waals surface area (Å²) in [4.78, 5) is 52.8. The standard InChI is InChI=1S/C41H51F2N3O8/c1-40(2,3)53-38(50)33(9-7-8-24-44-39(51)54-41(4,5)6)45-35(48)25-52-31-20-12-27(13-21-31)36-32(22-23-34(47)26-10-14-28(42)15-11-26)37(49)46(36)30-18-16-29(43)17-19-30/h10-21,32-34,36,47H,7-9,22-25H2,1-6H3,(H,44,51)(H,45,48)/t32?,33-,34?,36?/m0/s1. The quantitative estimate of drug-likeness (QED) is 0.0801. The molecule has 0 radical (unpaired) electrons. The second-order valence-corrected chi connectivity index (χ2v) is 15.3. The molecule has 13 heteroatoms. The lowest BCUT2D eigenvalue weighted by Crippen LogP contribution is -2.55. The number of benzene rings is 3. The van der Waals surface area contributed by atoms with E-state index in [2.05, 4.69) is 10.6 Å². The SMILES string of the molecule is CC(C)(C)OC(=O)NCCCC[C@H](NC(=O)COc1ccc(C2C(CCC(O)c3ccc(F)cc3)C(=O)N2c2ccc(F)cc2)cc1)C(=O)OC(C)(C)C. The topological polar surface area (TPSA) is 144 Å². The van der Waals surface area contributed by atoms with Gasteiger partial charge in [0.15, 0.2) is 6.61 Å². The lowest BCUT2D eigenvalue weighted by molar-refractivity contribution is -0.159. The molecular formula is C41H51F2N3O8. The maximum atomic E-state index is 13.7. The summed E-state index contributed by atoms with van der Waals surface area (Å²) in [6, 6.07) is 16.7. The molecule has 3 unspecified atom stereocenters. The number of ether oxygens (including phenoxy) is 3. The van der Waals surface area contributed by atoms with Crippen molar-refractivity contribution in [3.8, 4) is 5.75 Å². The number of nitrogens with zero attached hydrogens (tertiary/aromatic N) is 1. The number of hydrogen-bond donors (Lipinski definition) is 3. The number of aliphatic hydroxyl groups excluding tert-OH is 1. The Morgan fingerprint density at radius 1 is 0.815 bits per heavy atom. The first-order valence-electron chi connectivity index (χ1n) is 18.1. The van der Waals surface area contributed by atoms with Crippen molar-refractivity contribution in [2.75, 3.05) is 18.1 Å². The van der Waals surface area contributed by atoms with Crippen LogP contribution in [-0.2, 0) is 23.9 Å². The number of nitrogens with one attached hydrogen (secondary N) is 2. The minimum Gasteiger partial charge on any atom is -0.484 e. The molecule has 0 aliphatic carbocycles. The van der Waals surface area contributed by atoms with Crippen LogP contribution in [0.5, 0.6) is 5.75 Å². The summed E-state index contributed by atoms with van der Waals surface area (Å²) in [7, 11) is 0. The number of unbranched alkanes of at least 4 members (excludes halogenated alkanes) is 1. The van der Waals surface area contributed by atoms with Gasteiger partial charge in [-0.1, -0.05) is 24.3 Å². The van der Waals surface area contributed by atoms with E-state index in [0.717, 1.165) is 5.56 Å². The number of halogens is 2. The molecule has 3 aromatic rings. The largest absolute Gasteiger partial charge is 0.484 e. The number of hydrogen-bond acceptors (Lipinski definition) is 8. The fourth-order valence-electron chi connectivity index (χ4n) is 6.04. The average Bonchev–Trinajstić information content (AvgIpc) is 3.08. The van der Waals surface area contributed by atoms with Crippen molar-refractivity contribution < 1.29 is 47.3 Å². The van der Waals surface area contributed by atoms with Crippen molar-refractivity contribution in [1.29, 1.82) is 0 Å². The van der Waals surface area contributed by atoms with Crippen LogP contribution in [0.4, 0.5) is 19.3 Å². The highest BCUT2D eigenvalue weighted by Gasteiger charge is 2.48. The summed E-state index contributed by atoms with van der Waals surface area (Å²) >= 11 is 0. The van der Waals surface area contributed by atoms with Gasteiger partial charge in [0, 0.05) is 12.2 Å². The third-order valence-corrected chi connectivity index (χ3v) is 8.53. The molecule has 0 bridgehead atoms. The van der Waals surface area contributed by atoms with Gasteiger partial charge in [-0.25, -0.2) is 18.4 Å². The first-order valence-corrected chi connectivity index (χ1v) is 18.1. The number of β-lactam (4-membered cyclic amide) rings is 1. The van der Waals surface area contributed by atoms with Crippen LogP contribution in [0, 0.1) is 17.6 Å². The zero-order chi connectivity index (χ0) is 39.6. The van der Waals surface area contributed by atoms with E-state index in [9.17, 15) is 33.1 Å². The van der Waals surface area contributed by atoms with Crippen LogP contribution >= 0.6 is 0 Å². The number of amides is 3. The molecule has 1 aliphatic heterocycles. The predicted octanol–water partition coefficient (Wildman–Crippen LogP) is 7.08. The number of aliphatic hydroxyl groups is 1. The van der Waals surface area contributed by atoms with Gasteiger partial charge in [-0.2, -0.15) is 0 Å². The molecular weight excluding hydrogens is 700 g/mol. The second-order valence-electron chi connectivity index (χ2n) is 15.3. The van der Waals surface area contributed by atoms with Gasteiger partial charge in [-0.15, -0.1) is 0 Å². The Balaban J connectivity index is 1.36. The first-order chi connectivity index (χ1) is 25.4. The second kappa shape index (κ2) is 18.3. The van der Waals surface area contributed by atoms with Gasteiger partial charge in [0.1, 0.15) is 34.6 Å². The molecule has 11 nitrogen and oxygen atoms in total. The van der Waals surface area contributed by atoms with E-state index in [0.29, 0.717) is 42.8 Å². The molecule has 4 atom stereocenters. The Kier molecular flexibility index (Phi) is 14.2. The van der Waals surface area contributed by atoms with Crippen LogP contribution in [0.1, 0.15) is 96.9 Å². The Morgan fingerprint density at radius 3 is 2.00 bits per heavy atom. The van der Waals surface area contributed by atoms with E-state index in [4.69, 9.17) is 14.2 Å². The van der Waals surface area contributed by atoms with Gasteiger partial charge in [0.2, 0.25) is 5.91 Å². The number of esters is 1. The van der Waals surface area contributed by atoms with Gasteiger partial charge in [-0.05, 0) is 133 Å². The number of carbonyl (C=O) groups is 4.